The van der Waals surface area contributed by atoms with Gasteiger partial charge in [0.15, 0.2) is 0 Å². The maximum atomic E-state index is 13.2. The van der Waals surface area contributed by atoms with Crippen molar-refractivity contribution in [1.82, 2.24) is 15.8 Å². The van der Waals surface area contributed by atoms with Crippen molar-refractivity contribution in [2.24, 2.45) is 5.92 Å². The molecule has 0 unspecified atom stereocenters. The van der Waals surface area contributed by atoms with E-state index in [1.807, 2.05) is 44.2 Å². The quantitative estimate of drug-likeness (QED) is 0.210. The zero-order chi connectivity index (χ0) is 27.1. The number of ether oxygens (including phenoxy) is 2. The summed E-state index contributed by atoms with van der Waals surface area (Å²) in [6, 6.07) is 15.8. The lowest BCUT2D eigenvalue weighted by Crippen LogP contribution is -2.52. The van der Waals surface area contributed by atoms with Crippen LogP contribution >= 0.6 is 0 Å². The molecule has 38 heavy (non-hydrogen) atoms. The summed E-state index contributed by atoms with van der Waals surface area (Å²) >= 11 is 0. The minimum absolute atomic E-state index is 0.200. The van der Waals surface area contributed by atoms with Gasteiger partial charge in [-0.3, -0.25) is 19.8 Å². The number of hydrogen-bond acceptors (Lipinski definition) is 7. The molecule has 0 saturated carbocycles. The highest BCUT2D eigenvalue weighted by Crippen LogP contribution is 2.29. The van der Waals surface area contributed by atoms with Crippen molar-refractivity contribution in [2.45, 2.75) is 45.8 Å². The number of alkyl carbamates (subject to hydrolysis) is 1. The average Bonchev–Trinajstić information content (AvgIpc) is 3.31. The van der Waals surface area contributed by atoms with E-state index in [0.29, 0.717) is 37.4 Å². The van der Waals surface area contributed by atoms with Gasteiger partial charge in [-0.2, -0.15) is 0 Å². The Hall–Kier alpha value is -4.18. The predicted octanol–water partition coefficient (Wildman–Crippen LogP) is 3.88. The van der Waals surface area contributed by atoms with Crippen molar-refractivity contribution in [3.63, 3.8) is 0 Å². The summed E-state index contributed by atoms with van der Waals surface area (Å²) in [4.78, 5) is 43.7. The number of aromatic nitrogens is 1. The van der Waals surface area contributed by atoms with E-state index in [-0.39, 0.29) is 12.5 Å². The Balaban J connectivity index is 1.40. The molecule has 1 aliphatic rings. The van der Waals surface area contributed by atoms with Gasteiger partial charge in [0, 0.05) is 28.9 Å². The molecule has 3 amide bonds. The van der Waals surface area contributed by atoms with E-state index in [4.69, 9.17) is 14.7 Å². The Bertz CT molecular complexity index is 1300. The number of pyridine rings is 1. The number of hydroxylamine groups is 1. The van der Waals surface area contributed by atoms with Crippen molar-refractivity contribution in [2.75, 3.05) is 18.1 Å². The van der Waals surface area contributed by atoms with Gasteiger partial charge in [-0.25, -0.2) is 10.3 Å². The first-order valence-electron chi connectivity index (χ1n) is 12.7. The smallest absolute Gasteiger partial charge is 0.407 e. The molecule has 1 aromatic heterocycles. The lowest BCUT2D eigenvalue weighted by Gasteiger charge is -2.22. The van der Waals surface area contributed by atoms with Gasteiger partial charge in [0.1, 0.15) is 18.4 Å². The minimum atomic E-state index is -1.26. The number of benzene rings is 2. The molecule has 200 valence electrons. The molecular formula is C28H32N4O6. The van der Waals surface area contributed by atoms with E-state index in [2.05, 4.69) is 10.3 Å². The van der Waals surface area contributed by atoms with Crippen LogP contribution in [0, 0.1) is 12.8 Å². The number of nitrogens with one attached hydrogen (secondary N) is 2. The third-order valence-electron chi connectivity index (χ3n) is 6.52. The molecule has 1 saturated heterocycles. The standard InChI is InChI=1S/C28H32N4O6/c1-3-4-15-37-28(35)30-25(26(33)31-36)23-13-14-32(27(23)34)20-9-11-21(12-10-20)38-17-19-16-18(2)29-24-8-6-5-7-22(19)24/h5-12,16,23,25,36H,3-4,13-15,17H2,1-2H3,(H,30,35)(H,31,33)/t23-,25+/m1/s1. The van der Waals surface area contributed by atoms with E-state index in [1.165, 1.54) is 5.48 Å². The van der Waals surface area contributed by atoms with Gasteiger partial charge < -0.3 is 19.7 Å². The number of hydrogen-bond donors (Lipinski definition) is 3. The summed E-state index contributed by atoms with van der Waals surface area (Å²) in [6.07, 6.45) is 1.03. The molecule has 3 aromatic rings. The molecule has 10 heteroatoms. The highest BCUT2D eigenvalue weighted by atomic mass is 16.5. The normalized spacial score (nSPS) is 15.8. The molecule has 3 N–H and O–H groups in total. The van der Waals surface area contributed by atoms with Crippen LogP contribution in [0.2, 0.25) is 0 Å². The Morgan fingerprint density at radius 3 is 2.68 bits per heavy atom. The second kappa shape index (κ2) is 12.4. The molecule has 1 aliphatic heterocycles. The first kappa shape index (κ1) is 26.9. The van der Waals surface area contributed by atoms with Crippen LogP contribution in [0.4, 0.5) is 10.5 Å². The molecule has 10 nitrogen and oxygen atoms in total. The molecule has 0 aliphatic carbocycles. The van der Waals surface area contributed by atoms with Crippen molar-refractivity contribution in [3.05, 3.63) is 65.9 Å². The molecule has 0 spiro atoms. The average molecular weight is 521 g/mol. The SMILES string of the molecule is CCCCOC(=O)N[C@H](C(=O)NO)[C@H]1CCN(c2ccc(OCc3cc(C)nc4ccccc34)cc2)C1=O. The maximum Gasteiger partial charge on any atom is 0.407 e. The Labute approximate surface area is 220 Å². The zero-order valence-corrected chi connectivity index (χ0v) is 21.5. The Morgan fingerprint density at radius 2 is 1.95 bits per heavy atom. The number of anilines is 1. The number of fused-ring (bicyclic) bond motifs is 1. The van der Waals surface area contributed by atoms with Gasteiger partial charge >= 0.3 is 6.09 Å². The molecule has 4 rings (SSSR count). The molecule has 0 bridgehead atoms. The summed E-state index contributed by atoms with van der Waals surface area (Å²) < 4.78 is 11.1. The number of unbranched alkanes of at least 4 members (excludes halogenated alkanes) is 1. The molecule has 2 aromatic carbocycles. The fraction of sp³-hybridized carbons (Fsp3) is 0.357. The first-order chi connectivity index (χ1) is 18.4. The zero-order valence-electron chi connectivity index (χ0n) is 21.5. The first-order valence-corrected chi connectivity index (χ1v) is 12.7. The second-order valence-corrected chi connectivity index (χ2v) is 9.20. The molecule has 1 fully saturated rings. The van der Waals surface area contributed by atoms with Crippen LogP contribution in [0.5, 0.6) is 5.75 Å². The lowest BCUT2D eigenvalue weighted by molar-refractivity contribution is -0.135. The van der Waals surface area contributed by atoms with Gasteiger partial charge in [0.2, 0.25) is 5.91 Å². The monoisotopic (exact) mass is 520 g/mol. The van der Waals surface area contributed by atoms with E-state index in [1.54, 1.807) is 29.2 Å². The Kier molecular flexibility index (Phi) is 8.75. The van der Waals surface area contributed by atoms with Crippen molar-refractivity contribution in [1.29, 1.82) is 0 Å². The van der Waals surface area contributed by atoms with Gasteiger partial charge in [0.25, 0.3) is 5.91 Å². The lowest BCUT2D eigenvalue weighted by atomic mass is 9.97. The Morgan fingerprint density at radius 1 is 1.18 bits per heavy atom. The number of carbonyl (C=O) groups is 3. The van der Waals surface area contributed by atoms with Crippen LogP contribution in [0.25, 0.3) is 10.9 Å². The highest BCUT2D eigenvalue weighted by molar-refractivity contribution is 6.01. The van der Waals surface area contributed by atoms with Crippen molar-refractivity contribution in [3.8, 4) is 5.75 Å². The van der Waals surface area contributed by atoms with Crippen molar-refractivity contribution < 1.29 is 29.1 Å². The van der Waals surface area contributed by atoms with Crippen LogP contribution in [0.1, 0.15) is 37.4 Å². The van der Waals surface area contributed by atoms with E-state index < -0.39 is 24.0 Å². The van der Waals surface area contributed by atoms with Crippen LogP contribution in [0.3, 0.4) is 0 Å². The number of para-hydroxylation sites is 1. The summed E-state index contributed by atoms with van der Waals surface area (Å²) in [5, 5.41) is 12.6. The van der Waals surface area contributed by atoms with Gasteiger partial charge in [-0.05, 0) is 56.2 Å². The number of aryl methyl sites for hydroxylation is 1. The van der Waals surface area contributed by atoms with Crippen LogP contribution < -0.4 is 20.4 Å². The molecule has 2 atom stereocenters. The largest absolute Gasteiger partial charge is 0.489 e. The summed E-state index contributed by atoms with van der Waals surface area (Å²) in [6.45, 7) is 4.83. The van der Waals surface area contributed by atoms with Gasteiger partial charge in [-0.15, -0.1) is 0 Å². The highest BCUT2D eigenvalue weighted by Gasteiger charge is 2.42. The van der Waals surface area contributed by atoms with Gasteiger partial charge in [-0.1, -0.05) is 31.5 Å². The maximum absolute atomic E-state index is 13.2. The number of carbonyl (C=O) groups excluding carboxylic acids is 3. The molecular weight excluding hydrogens is 488 g/mol. The van der Waals surface area contributed by atoms with Crippen LogP contribution in [-0.2, 0) is 20.9 Å². The second-order valence-electron chi connectivity index (χ2n) is 9.20. The fourth-order valence-corrected chi connectivity index (χ4v) is 4.56. The number of amides is 3. The third kappa shape index (κ3) is 6.20. The van der Waals surface area contributed by atoms with Crippen LogP contribution in [0.15, 0.2) is 54.6 Å². The predicted molar refractivity (Wildman–Crippen MR) is 141 cm³/mol. The van der Waals surface area contributed by atoms with Crippen LogP contribution in [-0.4, -0.2) is 47.3 Å². The minimum Gasteiger partial charge on any atom is -0.489 e. The fourth-order valence-electron chi connectivity index (χ4n) is 4.56. The topological polar surface area (TPSA) is 130 Å². The van der Waals surface area contributed by atoms with Crippen molar-refractivity contribution >= 4 is 34.5 Å². The summed E-state index contributed by atoms with van der Waals surface area (Å²) in [5.41, 5.74) is 5.04. The van der Waals surface area contributed by atoms with E-state index in [9.17, 15) is 14.4 Å². The number of rotatable bonds is 10. The number of nitrogens with zero attached hydrogens (tertiary/aromatic N) is 2. The van der Waals surface area contributed by atoms with E-state index >= 15 is 0 Å². The van der Waals surface area contributed by atoms with Gasteiger partial charge in [0.05, 0.1) is 18.0 Å². The summed E-state index contributed by atoms with van der Waals surface area (Å²) in [7, 11) is 0. The third-order valence-corrected chi connectivity index (χ3v) is 6.52. The summed E-state index contributed by atoms with van der Waals surface area (Å²) in [5.74, 6) is -1.41. The molecule has 2 heterocycles. The van der Waals surface area contributed by atoms with E-state index in [0.717, 1.165) is 28.6 Å². The molecule has 0 radical (unpaired) electrons.